The number of hydrogen-bond acceptors (Lipinski definition) is 3. The van der Waals surface area contributed by atoms with Crippen molar-refractivity contribution in [2.24, 2.45) is 11.5 Å². The maximum atomic E-state index is 13.1. The van der Waals surface area contributed by atoms with Gasteiger partial charge in [0.05, 0.1) is 17.5 Å². The van der Waals surface area contributed by atoms with Crippen LogP contribution in [0.1, 0.15) is 6.42 Å². The molecule has 17 heavy (non-hydrogen) atoms. The molecule has 0 spiro atoms. The van der Waals surface area contributed by atoms with Crippen molar-refractivity contribution in [3.8, 4) is 0 Å². The molecule has 1 rings (SSSR count). The predicted molar refractivity (Wildman–Crippen MR) is 61.8 cm³/mol. The van der Waals surface area contributed by atoms with Gasteiger partial charge in [0.1, 0.15) is 5.82 Å². The molecule has 0 heterocycles. The van der Waals surface area contributed by atoms with Crippen LogP contribution in [-0.2, 0) is 9.59 Å². The lowest BCUT2D eigenvalue weighted by atomic mass is 10.2. The molecule has 0 fully saturated rings. The van der Waals surface area contributed by atoms with E-state index in [1.165, 1.54) is 12.1 Å². The number of nitrogens with two attached hydrogens (primary N) is 2. The highest BCUT2D eigenvalue weighted by atomic mass is 35.5. The Labute approximate surface area is 102 Å². The average Bonchev–Trinajstić information content (AvgIpc) is 2.22. The van der Waals surface area contributed by atoms with E-state index in [1.54, 1.807) is 0 Å². The minimum Gasteiger partial charge on any atom is -0.370 e. The Morgan fingerprint density at radius 3 is 2.65 bits per heavy atom. The normalized spacial score (nSPS) is 11.9. The quantitative estimate of drug-likeness (QED) is 0.739. The Bertz CT molecular complexity index is 453. The van der Waals surface area contributed by atoms with E-state index in [2.05, 4.69) is 5.32 Å². The number of rotatable bonds is 4. The molecule has 5 N–H and O–H groups in total. The predicted octanol–water partition coefficient (Wildman–Crippen LogP) is 0.620. The number of benzene rings is 1. The molecule has 0 radical (unpaired) electrons. The third-order valence-corrected chi connectivity index (χ3v) is 2.25. The maximum Gasteiger partial charge on any atom is 0.241 e. The number of hydrogen-bond donors (Lipinski definition) is 3. The third kappa shape index (κ3) is 4.01. The van der Waals surface area contributed by atoms with Gasteiger partial charge in [-0.3, -0.25) is 9.59 Å². The van der Waals surface area contributed by atoms with Gasteiger partial charge in [0.15, 0.2) is 0 Å². The van der Waals surface area contributed by atoms with E-state index in [9.17, 15) is 14.0 Å². The van der Waals surface area contributed by atoms with Crippen LogP contribution in [0.2, 0.25) is 5.02 Å². The Balaban J connectivity index is 2.67. The first kappa shape index (κ1) is 13.4. The molecule has 0 aliphatic heterocycles. The minimum absolute atomic E-state index is 0.0515. The summed E-state index contributed by atoms with van der Waals surface area (Å²) in [6.45, 7) is 0. The van der Waals surface area contributed by atoms with Crippen LogP contribution in [0.25, 0.3) is 0 Å². The lowest BCUT2D eigenvalue weighted by Gasteiger charge is -2.10. The average molecular weight is 260 g/mol. The number of anilines is 1. The van der Waals surface area contributed by atoms with Gasteiger partial charge in [-0.2, -0.15) is 0 Å². The Kier molecular flexibility index (Phi) is 4.42. The van der Waals surface area contributed by atoms with Gasteiger partial charge in [0.2, 0.25) is 11.8 Å². The first-order chi connectivity index (χ1) is 7.90. The third-order valence-electron chi connectivity index (χ3n) is 1.95. The highest BCUT2D eigenvalue weighted by molar-refractivity contribution is 6.30. The van der Waals surface area contributed by atoms with Crippen molar-refractivity contribution < 1.29 is 14.0 Å². The zero-order valence-corrected chi connectivity index (χ0v) is 9.50. The molecule has 1 unspecified atom stereocenters. The summed E-state index contributed by atoms with van der Waals surface area (Å²) in [4.78, 5) is 22.0. The summed E-state index contributed by atoms with van der Waals surface area (Å²) >= 11 is 5.48. The number of primary amides is 1. The molecule has 0 bridgehead atoms. The summed E-state index contributed by atoms with van der Waals surface area (Å²) in [6, 6.07) is 2.70. The molecule has 0 saturated carbocycles. The Hall–Kier alpha value is -1.66. The minimum atomic E-state index is -1.06. The van der Waals surface area contributed by atoms with Crippen molar-refractivity contribution in [2.75, 3.05) is 5.32 Å². The molecular formula is C10H11ClFN3O2. The van der Waals surface area contributed by atoms with E-state index < -0.39 is 23.7 Å². The lowest BCUT2D eigenvalue weighted by Crippen LogP contribution is -2.39. The number of halogens is 2. The molecule has 2 amide bonds. The Morgan fingerprint density at radius 1 is 1.47 bits per heavy atom. The topological polar surface area (TPSA) is 98.2 Å². The number of carbonyl (C=O) groups excluding carboxylic acids is 2. The van der Waals surface area contributed by atoms with Crippen molar-refractivity contribution in [2.45, 2.75) is 12.5 Å². The van der Waals surface area contributed by atoms with E-state index in [4.69, 9.17) is 23.1 Å². The van der Waals surface area contributed by atoms with Gasteiger partial charge in [-0.15, -0.1) is 0 Å². The fourth-order valence-electron chi connectivity index (χ4n) is 1.12. The first-order valence-electron chi connectivity index (χ1n) is 4.70. The van der Waals surface area contributed by atoms with Crippen molar-refractivity contribution in [1.29, 1.82) is 0 Å². The molecule has 7 heteroatoms. The molecule has 1 aromatic carbocycles. The van der Waals surface area contributed by atoms with Crippen LogP contribution in [0.4, 0.5) is 10.1 Å². The highest BCUT2D eigenvalue weighted by Gasteiger charge is 2.16. The number of nitrogens with one attached hydrogen (secondary N) is 1. The first-order valence-corrected chi connectivity index (χ1v) is 5.07. The summed E-state index contributed by atoms with van der Waals surface area (Å²) in [5.74, 6) is -1.96. The Morgan fingerprint density at radius 2 is 2.12 bits per heavy atom. The van der Waals surface area contributed by atoms with Crippen LogP contribution in [-0.4, -0.2) is 17.9 Å². The van der Waals surface area contributed by atoms with E-state index >= 15 is 0 Å². The standard InChI is InChI=1S/C10H11ClFN3O2/c11-6-2-1-5(3-7(6)12)15-10(17)8(13)4-9(14)16/h1-3,8H,4,13H2,(H2,14,16)(H,15,17). The second-order valence-electron chi connectivity index (χ2n) is 3.40. The molecule has 5 nitrogen and oxygen atoms in total. The number of amides is 2. The van der Waals surface area contributed by atoms with Gasteiger partial charge < -0.3 is 16.8 Å². The van der Waals surface area contributed by atoms with Crippen LogP contribution in [0.15, 0.2) is 18.2 Å². The number of carbonyl (C=O) groups is 2. The fraction of sp³-hybridized carbons (Fsp3) is 0.200. The second kappa shape index (κ2) is 5.60. The van der Waals surface area contributed by atoms with Crippen LogP contribution >= 0.6 is 11.6 Å². The van der Waals surface area contributed by atoms with E-state index in [0.29, 0.717) is 0 Å². The van der Waals surface area contributed by atoms with E-state index in [-0.39, 0.29) is 17.1 Å². The second-order valence-corrected chi connectivity index (χ2v) is 3.80. The largest absolute Gasteiger partial charge is 0.370 e. The van der Waals surface area contributed by atoms with Gasteiger partial charge in [-0.1, -0.05) is 11.6 Å². The van der Waals surface area contributed by atoms with Crippen LogP contribution in [0.5, 0.6) is 0 Å². The molecule has 0 saturated heterocycles. The SMILES string of the molecule is NC(=O)CC(N)C(=O)Nc1ccc(Cl)c(F)c1. The molecule has 92 valence electrons. The van der Waals surface area contributed by atoms with E-state index in [0.717, 1.165) is 6.07 Å². The molecular weight excluding hydrogens is 249 g/mol. The van der Waals surface area contributed by atoms with Crippen molar-refractivity contribution in [1.82, 2.24) is 0 Å². The smallest absolute Gasteiger partial charge is 0.241 e. The molecule has 0 aromatic heterocycles. The van der Waals surface area contributed by atoms with Crippen LogP contribution < -0.4 is 16.8 Å². The molecule has 1 aromatic rings. The summed E-state index contributed by atoms with van der Waals surface area (Å²) < 4.78 is 13.1. The van der Waals surface area contributed by atoms with Gasteiger partial charge in [0.25, 0.3) is 0 Å². The van der Waals surface area contributed by atoms with E-state index in [1.807, 2.05) is 0 Å². The van der Waals surface area contributed by atoms with Crippen molar-refractivity contribution in [3.05, 3.63) is 29.0 Å². The summed E-state index contributed by atoms with van der Waals surface area (Å²) in [5, 5.41) is 2.29. The lowest BCUT2D eigenvalue weighted by molar-refractivity contribution is -0.123. The highest BCUT2D eigenvalue weighted by Crippen LogP contribution is 2.18. The van der Waals surface area contributed by atoms with Gasteiger partial charge in [0, 0.05) is 5.69 Å². The molecule has 0 aliphatic rings. The summed E-state index contributed by atoms with van der Waals surface area (Å²) in [7, 11) is 0. The van der Waals surface area contributed by atoms with Gasteiger partial charge in [-0.25, -0.2) is 4.39 Å². The van der Waals surface area contributed by atoms with Crippen LogP contribution in [0.3, 0.4) is 0 Å². The molecule has 0 aliphatic carbocycles. The van der Waals surface area contributed by atoms with Gasteiger partial charge in [-0.05, 0) is 18.2 Å². The molecule has 1 atom stereocenters. The van der Waals surface area contributed by atoms with Gasteiger partial charge >= 0.3 is 0 Å². The van der Waals surface area contributed by atoms with Crippen LogP contribution in [0, 0.1) is 5.82 Å². The summed E-state index contributed by atoms with van der Waals surface area (Å²) in [6.07, 6.45) is -0.276. The zero-order chi connectivity index (χ0) is 13.0. The maximum absolute atomic E-state index is 13.1. The van der Waals surface area contributed by atoms with Crippen molar-refractivity contribution in [3.63, 3.8) is 0 Å². The summed E-state index contributed by atoms with van der Waals surface area (Å²) in [5.41, 5.74) is 10.5. The zero-order valence-electron chi connectivity index (χ0n) is 8.74. The monoisotopic (exact) mass is 259 g/mol. The fourth-order valence-corrected chi connectivity index (χ4v) is 1.24. The van der Waals surface area contributed by atoms with Crippen molar-refractivity contribution >= 4 is 29.1 Å².